The number of benzene rings is 2. The first-order chi connectivity index (χ1) is 20.6. The van der Waals surface area contributed by atoms with Gasteiger partial charge >= 0.3 is 0 Å². The SMILES string of the molecule is C=CC(=O)N1CCN(c2nc(N3CC(N(C)C)C3)nc3c(F)c(-c4c(C)ccc5[nH]nc(C)c45)c(C)cc23)CC1CC#N. The highest BCUT2D eigenvalue weighted by atomic mass is 19.1. The van der Waals surface area contributed by atoms with E-state index in [2.05, 4.69) is 37.5 Å². The Bertz CT molecular complexity index is 1800. The number of aromatic amines is 1. The molecule has 1 amide bonds. The van der Waals surface area contributed by atoms with Gasteiger partial charge in [-0.3, -0.25) is 9.89 Å². The fourth-order valence-corrected chi connectivity index (χ4v) is 6.39. The number of aryl methyl sites for hydroxylation is 3. The maximum Gasteiger partial charge on any atom is 0.246 e. The van der Waals surface area contributed by atoms with E-state index in [9.17, 15) is 10.1 Å². The number of hydrogen-bond donors (Lipinski definition) is 1. The van der Waals surface area contributed by atoms with Crippen molar-refractivity contribution >= 4 is 39.5 Å². The van der Waals surface area contributed by atoms with Crippen LogP contribution in [0.15, 0.2) is 30.9 Å². The fraction of sp³-hybridized carbons (Fsp3) is 0.406. The number of amides is 1. The number of likely N-dealkylation sites (N-methyl/N-ethyl adjacent to an activating group) is 1. The van der Waals surface area contributed by atoms with Gasteiger partial charge in [-0.25, -0.2) is 9.37 Å². The van der Waals surface area contributed by atoms with E-state index in [-0.39, 0.29) is 23.9 Å². The monoisotopic (exact) mass is 581 g/mol. The van der Waals surface area contributed by atoms with Crippen molar-refractivity contribution < 1.29 is 9.18 Å². The Kier molecular flexibility index (Phi) is 7.26. The maximum absolute atomic E-state index is 17.0. The van der Waals surface area contributed by atoms with Gasteiger partial charge in [0, 0.05) is 55.1 Å². The van der Waals surface area contributed by atoms with Crippen molar-refractivity contribution in [3.63, 3.8) is 0 Å². The normalized spacial score (nSPS) is 17.5. The lowest BCUT2D eigenvalue weighted by Crippen LogP contribution is -2.58. The molecule has 1 N–H and O–H groups in total. The van der Waals surface area contributed by atoms with Gasteiger partial charge in [-0.05, 0) is 69.8 Å². The third-order valence-electron chi connectivity index (χ3n) is 8.91. The summed E-state index contributed by atoms with van der Waals surface area (Å²) < 4.78 is 17.0. The van der Waals surface area contributed by atoms with Crippen molar-refractivity contribution in [1.82, 2.24) is 30.0 Å². The Labute approximate surface area is 250 Å². The lowest BCUT2D eigenvalue weighted by atomic mass is 9.91. The summed E-state index contributed by atoms with van der Waals surface area (Å²) in [5.74, 6) is 0.499. The number of anilines is 2. The predicted octanol–water partition coefficient (Wildman–Crippen LogP) is 4.10. The number of piperazine rings is 1. The Balaban J connectivity index is 1.53. The van der Waals surface area contributed by atoms with Crippen LogP contribution in [0.25, 0.3) is 32.9 Å². The molecule has 2 aliphatic rings. The number of carbonyl (C=O) groups excluding carboxylic acids is 1. The minimum Gasteiger partial charge on any atom is -0.352 e. The van der Waals surface area contributed by atoms with Gasteiger partial charge in [0.15, 0.2) is 5.82 Å². The van der Waals surface area contributed by atoms with Gasteiger partial charge in [-0.1, -0.05) is 12.6 Å². The molecule has 4 heterocycles. The van der Waals surface area contributed by atoms with Crippen LogP contribution in [0.5, 0.6) is 0 Å². The van der Waals surface area contributed by atoms with Crippen molar-refractivity contribution in [3.8, 4) is 17.2 Å². The molecule has 0 aliphatic carbocycles. The average Bonchev–Trinajstić information content (AvgIpc) is 3.33. The van der Waals surface area contributed by atoms with Crippen LogP contribution in [-0.2, 0) is 4.79 Å². The highest BCUT2D eigenvalue weighted by molar-refractivity contribution is 6.03. The molecule has 0 radical (unpaired) electrons. The summed E-state index contributed by atoms with van der Waals surface area (Å²) in [5.41, 5.74) is 4.96. The Hall–Kier alpha value is -4.56. The van der Waals surface area contributed by atoms with Gasteiger partial charge < -0.3 is 19.6 Å². The molecule has 2 saturated heterocycles. The summed E-state index contributed by atoms with van der Waals surface area (Å²) in [6, 6.07) is 8.17. The molecular formula is C32H36FN9O. The van der Waals surface area contributed by atoms with Crippen molar-refractivity contribution in [2.75, 3.05) is 56.6 Å². The Morgan fingerprint density at radius 2 is 1.91 bits per heavy atom. The molecule has 2 aromatic carbocycles. The number of rotatable bonds is 6. The number of hydrogen-bond acceptors (Lipinski definition) is 8. The van der Waals surface area contributed by atoms with Crippen molar-refractivity contribution in [2.24, 2.45) is 0 Å². The zero-order valence-corrected chi connectivity index (χ0v) is 25.3. The first kappa shape index (κ1) is 28.6. The van der Waals surface area contributed by atoms with Gasteiger partial charge in [0.1, 0.15) is 11.3 Å². The number of nitrogens with zero attached hydrogens (tertiary/aromatic N) is 8. The largest absolute Gasteiger partial charge is 0.352 e. The molecule has 2 aromatic heterocycles. The number of nitrogens with one attached hydrogen (secondary N) is 1. The van der Waals surface area contributed by atoms with E-state index in [0.717, 1.165) is 46.4 Å². The summed E-state index contributed by atoms with van der Waals surface area (Å²) in [6.07, 6.45) is 1.46. The van der Waals surface area contributed by atoms with Gasteiger partial charge in [0.2, 0.25) is 11.9 Å². The second-order valence-electron chi connectivity index (χ2n) is 11.8. The molecular weight excluding hydrogens is 545 g/mol. The number of H-pyrrole nitrogens is 1. The van der Waals surface area contributed by atoms with E-state index in [0.29, 0.717) is 48.4 Å². The Morgan fingerprint density at radius 1 is 1.14 bits per heavy atom. The molecule has 43 heavy (non-hydrogen) atoms. The van der Waals surface area contributed by atoms with E-state index >= 15 is 4.39 Å². The smallest absolute Gasteiger partial charge is 0.246 e. The minimum atomic E-state index is -0.394. The van der Waals surface area contributed by atoms with Gasteiger partial charge in [-0.15, -0.1) is 0 Å². The van der Waals surface area contributed by atoms with Crippen LogP contribution in [0.1, 0.15) is 23.2 Å². The summed E-state index contributed by atoms with van der Waals surface area (Å²) >= 11 is 0. The van der Waals surface area contributed by atoms with E-state index in [1.807, 2.05) is 53.1 Å². The van der Waals surface area contributed by atoms with Crippen LogP contribution in [0, 0.1) is 37.9 Å². The second-order valence-corrected chi connectivity index (χ2v) is 11.8. The zero-order chi connectivity index (χ0) is 30.6. The summed E-state index contributed by atoms with van der Waals surface area (Å²) in [5, 5.41) is 18.5. The van der Waals surface area contributed by atoms with Gasteiger partial charge in [-0.2, -0.15) is 15.3 Å². The molecule has 2 fully saturated rings. The number of nitriles is 1. The summed E-state index contributed by atoms with van der Waals surface area (Å²) in [7, 11) is 4.09. The Morgan fingerprint density at radius 3 is 2.60 bits per heavy atom. The third kappa shape index (κ3) is 4.76. The molecule has 0 bridgehead atoms. The molecule has 10 nitrogen and oxygen atoms in total. The van der Waals surface area contributed by atoms with Crippen LogP contribution in [0.3, 0.4) is 0 Å². The van der Waals surface area contributed by atoms with Crippen LogP contribution in [-0.4, -0.2) is 94.8 Å². The first-order valence-electron chi connectivity index (χ1n) is 14.5. The molecule has 0 saturated carbocycles. The number of halogens is 1. The molecule has 11 heteroatoms. The minimum absolute atomic E-state index is 0.174. The molecule has 222 valence electrons. The molecule has 0 spiro atoms. The fourth-order valence-electron chi connectivity index (χ4n) is 6.39. The first-order valence-corrected chi connectivity index (χ1v) is 14.5. The van der Waals surface area contributed by atoms with Gasteiger partial charge in [0.25, 0.3) is 0 Å². The van der Waals surface area contributed by atoms with Crippen LogP contribution in [0.4, 0.5) is 16.2 Å². The highest BCUT2D eigenvalue weighted by Crippen LogP contribution is 2.41. The second kappa shape index (κ2) is 10.9. The topological polar surface area (TPSA) is 108 Å². The average molecular weight is 582 g/mol. The lowest BCUT2D eigenvalue weighted by molar-refractivity contribution is -0.128. The molecule has 2 aliphatic heterocycles. The quantitative estimate of drug-likeness (QED) is 0.339. The summed E-state index contributed by atoms with van der Waals surface area (Å²) in [6.45, 7) is 12.2. The number of carbonyl (C=O) groups is 1. The molecule has 1 atom stereocenters. The summed E-state index contributed by atoms with van der Waals surface area (Å²) in [4.78, 5) is 30.4. The van der Waals surface area contributed by atoms with E-state index in [1.54, 1.807) is 4.90 Å². The van der Waals surface area contributed by atoms with Gasteiger partial charge in [0.05, 0.1) is 29.7 Å². The van der Waals surface area contributed by atoms with Crippen molar-refractivity contribution in [2.45, 2.75) is 39.3 Å². The molecule has 6 rings (SSSR count). The zero-order valence-electron chi connectivity index (χ0n) is 25.3. The van der Waals surface area contributed by atoms with E-state index < -0.39 is 5.82 Å². The van der Waals surface area contributed by atoms with E-state index in [4.69, 9.17) is 9.97 Å². The molecule has 1 unspecified atom stereocenters. The molecule has 4 aromatic rings. The van der Waals surface area contributed by atoms with E-state index in [1.165, 1.54) is 6.08 Å². The van der Waals surface area contributed by atoms with Crippen molar-refractivity contribution in [1.29, 1.82) is 5.26 Å². The number of aromatic nitrogens is 4. The van der Waals surface area contributed by atoms with Crippen LogP contribution >= 0.6 is 0 Å². The predicted molar refractivity (Wildman–Crippen MR) is 167 cm³/mol. The van der Waals surface area contributed by atoms with Crippen molar-refractivity contribution in [3.05, 3.63) is 53.5 Å². The third-order valence-corrected chi connectivity index (χ3v) is 8.91. The van der Waals surface area contributed by atoms with Crippen LogP contribution < -0.4 is 9.80 Å². The standard InChI is InChI=1S/C32H36FN9O/c1-7-25(43)42-13-12-40(15-21(42)10-11-34)31-23-14-19(3)27(26-18(2)8-9-24-28(26)20(4)37-38-24)29(33)30(23)35-32(36-31)41-16-22(17-41)39(5)6/h7-9,14,21-22H,1,10,12-13,15-17H2,2-6H3,(H,37,38). The highest BCUT2D eigenvalue weighted by Gasteiger charge is 2.35. The lowest BCUT2D eigenvalue weighted by Gasteiger charge is -2.44. The van der Waals surface area contributed by atoms with Crippen LogP contribution in [0.2, 0.25) is 0 Å². The number of fused-ring (bicyclic) bond motifs is 2. The maximum atomic E-state index is 17.0.